The van der Waals surface area contributed by atoms with Crippen LogP contribution in [0.1, 0.15) is 30.1 Å². The Balaban J connectivity index is 1.17. The van der Waals surface area contributed by atoms with Crippen molar-refractivity contribution in [3.8, 4) is 34.1 Å². The first-order valence-corrected chi connectivity index (χ1v) is 12.3. The summed E-state index contributed by atoms with van der Waals surface area (Å²) in [5.41, 5.74) is 4.26. The third kappa shape index (κ3) is 4.84. The standard InChI is InChI=1S/C28H26FN5O3/c29-21-7-4-18(5-8-21)16-31-28(35)34-13-10-19(11-14-34)27-32-25(26(33-27)22-3-1-2-12-30-22)20-6-9-23-24(15-20)37-17-36-23/h1-9,12,15,19H,10-11,13-14,16-17H2,(H,31,35)(H,32,33). The number of rotatable bonds is 5. The summed E-state index contributed by atoms with van der Waals surface area (Å²) in [5, 5.41) is 2.93. The molecule has 0 radical (unpaired) electrons. The van der Waals surface area contributed by atoms with Crippen molar-refractivity contribution in [1.82, 2.24) is 25.2 Å². The minimum absolute atomic E-state index is 0.113. The smallest absolute Gasteiger partial charge is 0.317 e. The van der Waals surface area contributed by atoms with Crippen LogP contribution in [0.4, 0.5) is 9.18 Å². The number of carbonyl (C=O) groups is 1. The number of ether oxygens (including phenoxy) is 2. The lowest BCUT2D eigenvalue weighted by Crippen LogP contribution is -2.43. The van der Waals surface area contributed by atoms with Gasteiger partial charge in [0.15, 0.2) is 11.5 Å². The van der Waals surface area contributed by atoms with Crippen molar-refractivity contribution in [2.75, 3.05) is 19.9 Å². The summed E-state index contributed by atoms with van der Waals surface area (Å²) < 4.78 is 24.2. The summed E-state index contributed by atoms with van der Waals surface area (Å²) in [6, 6.07) is 17.7. The maximum Gasteiger partial charge on any atom is 0.317 e. The third-order valence-electron chi connectivity index (χ3n) is 6.82. The number of halogens is 1. The average molecular weight is 500 g/mol. The molecular weight excluding hydrogens is 473 g/mol. The van der Waals surface area contributed by atoms with Gasteiger partial charge in [-0.05, 0) is 60.9 Å². The van der Waals surface area contributed by atoms with Crippen molar-refractivity contribution < 1.29 is 18.7 Å². The van der Waals surface area contributed by atoms with E-state index in [9.17, 15) is 9.18 Å². The Labute approximate surface area is 213 Å². The average Bonchev–Trinajstić information content (AvgIpc) is 3.60. The van der Waals surface area contributed by atoms with Gasteiger partial charge in [-0.2, -0.15) is 0 Å². The Bertz CT molecular complexity index is 1400. The number of imidazole rings is 1. The molecule has 4 aromatic rings. The highest BCUT2D eigenvalue weighted by atomic mass is 19.1. The monoisotopic (exact) mass is 499 g/mol. The number of likely N-dealkylation sites (tertiary alicyclic amines) is 1. The number of nitrogens with one attached hydrogen (secondary N) is 2. The van der Waals surface area contributed by atoms with Crippen molar-refractivity contribution in [3.05, 3.63) is 84.1 Å². The van der Waals surface area contributed by atoms with E-state index >= 15 is 0 Å². The van der Waals surface area contributed by atoms with Crippen LogP contribution in [0.25, 0.3) is 22.6 Å². The van der Waals surface area contributed by atoms with Crippen LogP contribution in [-0.4, -0.2) is 45.8 Å². The Morgan fingerprint density at radius 2 is 1.86 bits per heavy atom. The van der Waals surface area contributed by atoms with Crippen LogP contribution in [0.5, 0.6) is 11.5 Å². The molecule has 37 heavy (non-hydrogen) atoms. The molecule has 0 atom stereocenters. The molecule has 2 amide bonds. The second kappa shape index (κ2) is 9.93. The quantitative estimate of drug-likeness (QED) is 0.399. The second-order valence-electron chi connectivity index (χ2n) is 9.18. The number of fused-ring (bicyclic) bond motifs is 1. The van der Waals surface area contributed by atoms with Crippen LogP contribution in [0, 0.1) is 5.82 Å². The van der Waals surface area contributed by atoms with Gasteiger partial charge in [-0.15, -0.1) is 0 Å². The van der Waals surface area contributed by atoms with Gasteiger partial charge in [0.05, 0.1) is 17.1 Å². The van der Waals surface area contributed by atoms with Gasteiger partial charge in [0, 0.05) is 37.3 Å². The van der Waals surface area contributed by atoms with Crippen molar-refractivity contribution in [1.29, 1.82) is 0 Å². The third-order valence-corrected chi connectivity index (χ3v) is 6.82. The molecule has 8 nitrogen and oxygen atoms in total. The fourth-order valence-electron chi connectivity index (χ4n) is 4.78. The predicted molar refractivity (Wildman–Crippen MR) is 136 cm³/mol. The van der Waals surface area contributed by atoms with Crippen LogP contribution in [0.3, 0.4) is 0 Å². The fraction of sp³-hybridized carbons (Fsp3) is 0.250. The molecule has 2 N–H and O–H groups in total. The first-order chi connectivity index (χ1) is 18.1. The first kappa shape index (κ1) is 23.0. The second-order valence-corrected chi connectivity index (χ2v) is 9.18. The van der Waals surface area contributed by atoms with Gasteiger partial charge >= 0.3 is 6.03 Å². The van der Waals surface area contributed by atoms with Crippen LogP contribution in [0.15, 0.2) is 66.9 Å². The highest BCUT2D eigenvalue weighted by Crippen LogP contribution is 2.39. The van der Waals surface area contributed by atoms with Gasteiger partial charge in [0.2, 0.25) is 6.79 Å². The number of aromatic nitrogens is 3. The number of pyridine rings is 1. The highest BCUT2D eigenvalue weighted by molar-refractivity contribution is 5.78. The molecule has 4 heterocycles. The topological polar surface area (TPSA) is 92.4 Å². The predicted octanol–water partition coefficient (Wildman–Crippen LogP) is 5.10. The number of amides is 2. The molecule has 0 spiro atoms. The summed E-state index contributed by atoms with van der Waals surface area (Å²) in [6.07, 6.45) is 3.35. The molecule has 2 aromatic heterocycles. The molecule has 1 saturated heterocycles. The van der Waals surface area contributed by atoms with Crippen molar-refractivity contribution in [2.45, 2.75) is 25.3 Å². The summed E-state index contributed by atoms with van der Waals surface area (Å²) >= 11 is 0. The van der Waals surface area contributed by atoms with E-state index in [0.717, 1.165) is 52.6 Å². The molecule has 0 saturated carbocycles. The molecule has 0 bridgehead atoms. The van der Waals surface area contributed by atoms with Crippen LogP contribution in [-0.2, 0) is 6.54 Å². The highest BCUT2D eigenvalue weighted by Gasteiger charge is 2.28. The molecule has 2 aromatic carbocycles. The lowest BCUT2D eigenvalue weighted by molar-refractivity contribution is 0.174. The fourth-order valence-corrected chi connectivity index (χ4v) is 4.78. The number of nitrogens with zero attached hydrogens (tertiary/aromatic N) is 3. The normalized spacial score (nSPS) is 15.1. The number of urea groups is 1. The zero-order valence-electron chi connectivity index (χ0n) is 20.1. The molecule has 2 aliphatic rings. The Hall–Kier alpha value is -4.40. The molecule has 188 valence electrons. The summed E-state index contributed by atoms with van der Waals surface area (Å²) in [6.45, 7) is 1.83. The Morgan fingerprint density at radius 3 is 2.65 bits per heavy atom. The van der Waals surface area contributed by atoms with Gasteiger partial charge in [0.1, 0.15) is 11.6 Å². The number of aromatic amines is 1. The van der Waals surface area contributed by atoms with Gasteiger partial charge < -0.3 is 24.7 Å². The lowest BCUT2D eigenvalue weighted by atomic mass is 9.96. The largest absolute Gasteiger partial charge is 0.454 e. The maximum absolute atomic E-state index is 13.1. The number of H-pyrrole nitrogens is 1. The lowest BCUT2D eigenvalue weighted by Gasteiger charge is -2.31. The Morgan fingerprint density at radius 1 is 1.05 bits per heavy atom. The van der Waals surface area contributed by atoms with E-state index in [2.05, 4.69) is 15.3 Å². The molecule has 6 rings (SSSR count). The van der Waals surface area contributed by atoms with Gasteiger partial charge in [-0.1, -0.05) is 18.2 Å². The van der Waals surface area contributed by atoms with Crippen LogP contribution >= 0.6 is 0 Å². The van der Waals surface area contributed by atoms with Crippen molar-refractivity contribution in [3.63, 3.8) is 0 Å². The number of carbonyl (C=O) groups excluding carboxylic acids is 1. The minimum atomic E-state index is -0.289. The van der Waals surface area contributed by atoms with Gasteiger partial charge in [-0.3, -0.25) is 4.98 Å². The molecule has 2 aliphatic heterocycles. The van der Waals surface area contributed by atoms with Gasteiger partial charge in [0.25, 0.3) is 0 Å². The van der Waals surface area contributed by atoms with E-state index in [-0.39, 0.29) is 24.6 Å². The Kier molecular flexibility index (Phi) is 6.18. The van der Waals surface area contributed by atoms with Crippen LogP contribution in [0.2, 0.25) is 0 Å². The summed E-state index contributed by atoms with van der Waals surface area (Å²) in [4.78, 5) is 27.6. The molecule has 0 unspecified atom stereocenters. The van der Waals surface area contributed by atoms with Gasteiger partial charge in [-0.25, -0.2) is 14.2 Å². The minimum Gasteiger partial charge on any atom is -0.454 e. The summed E-state index contributed by atoms with van der Waals surface area (Å²) in [5.74, 6) is 2.21. The van der Waals surface area contributed by atoms with E-state index in [4.69, 9.17) is 14.5 Å². The maximum atomic E-state index is 13.1. The van der Waals surface area contributed by atoms with E-state index in [1.54, 1.807) is 18.3 Å². The SMILES string of the molecule is O=C(NCc1ccc(F)cc1)N1CCC(c2nc(-c3ccc4c(c3)OCO4)c(-c3ccccn3)[nH]2)CC1. The first-order valence-electron chi connectivity index (χ1n) is 12.3. The molecular formula is C28H26FN5O3. The van der Waals surface area contributed by atoms with Crippen molar-refractivity contribution >= 4 is 6.03 Å². The number of hydrogen-bond acceptors (Lipinski definition) is 5. The number of benzene rings is 2. The summed E-state index contributed by atoms with van der Waals surface area (Å²) in [7, 11) is 0. The van der Waals surface area contributed by atoms with E-state index in [1.807, 2.05) is 41.3 Å². The van der Waals surface area contributed by atoms with E-state index in [0.29, 0.717) is 25.4 Å². The molecule has 0 aliphatic carbocycles. The molecule has 9 heteroatoms. The van der Waals surface area contributed by atoms with Crippen LogP contribution < -0.4 is 14.8 Å². The van der Waals surface area contributed by atoms with E-state index in [1.165, 1.54) is 12.1 Å². The molecule has 1 fully saturated rings. The zero-order chi connectivity index (χ0) is 25.2. The number of piperidine rings is 1. The van der Waals surface area contributed by atoms with Crippen molar-refractivity contribution in [2.24, 2.45) is 0 Å². The number of hydrogen-bond donors (Lipinski definition) is 2. The van der Waals surface area contributed by atoms with E-state index < -0.39 is 0 Å². The zero-order valence-corrected chi connectivity index (χ0v) is 20.1.